The van der Waals surface area contributed by atoms with E-state index in [1.807, 2.05) is 6.92 Å². The molecule has 1 saturated heterocycles. The molecule has 2 atom stereocenters. The van der Waals surface area contributed by atoms with E-state index in [4.69, 9.17) is 5.11 Å². The van der Waals surface area contributed by atoms with Crippen LogP contribution in [0.25, 0.3) is 0 Å². The van der Waals surface area contributed by atoms with Gasteiger partial charge in [-0.3, -0.25) is 9.59 Å². The molecule has 1 N–H and O–H groups in total. The molecule has 2 rings (SSSR count). The fourth-order valence-corrected chi connectivity index (χ4v) is 2.99. The molecule has 4 nitrogen and oxygen atoms in total. The highest BCUT2D eigenvalue weighted by Crippen LogP contribution is 2.51. The van der Waals surface area contributed by atoms with Gasteiger partial charge in [0.05, 0.1) is 5.92 Å². The Hall–Kier alpha value is -1.06. The van der Waals surface area contributed by atoms with Crippen molar-refractivity contribution in [1.82, 2.24) is 4.90 Å². The van der Waals surface area contributed by atoms with Crippen molar-refractivity contribution in [2.45, 2.75) is 39.5 Å². The molecule has 0 aromatic carbocycles. The second-order valence-electron chi connectivity index (χ2n) is 5.66. The summed E-state index contributed by atoms with van der Waals surface area (Å²) < 4.78 is 0. The normalized spacial score (nSPS) is 30.4. The van der Waals surface area contributed by atoms with Gasteiger partial charge in [0.25, 0.3) is 0 Å². The molecule has 1 amide bonds. The fraction of sp³-hybridized carbons (Fsp3) is 0.846. The summed E-state index contributed by atoms with van der Waals surface area (Å²) in [6, 6.07) is 0. The van der Waals surface area contributed by atoms with Crippen molar-refractivity contribution < 1.29 is 14.7 Å². The van der Waals surface area contributed by atoms with E-state index in [1.165, 1.54) is 0 Å². The zero-order valence-electron chi connectivity index (χ0n) is 10.6. The standard InChI is InChI=1S/C13H21NO3/c1-3-4-13(5-6-13)12(17)14-7-9(2)10(8-14)11(15)16/h9-10H,3-8H2,1-2H3,(H,15,16)/t9-,10-/m1/s1. The Kier molecular flexibility index (Phi) is 3.15. The van der Waals surface area contributed by atoms with Crippen molar-refractivity contribution in [1.29, 1.82) is 0 Å². The predicted octanol–water partition coefficient (Wildman–Crippen LogP) is 1.75. The Balaban J connectivity index is 2.01. The molecule has 0 aromatic rings. The van der Waals surface area contributed by atoms with Crippen LogP contribution in [0.3, 0.4) is 0 Å². The van der Waals surface area contributed by atoms with E-state index >= 15 is 0 Å². The monoisotopic (exact) mass is 239 g/mol. The van der Waals surface area contributed by atoms with Crippen LogP contribution in [0.5, 0.6) is 0 Å². The van der Waals surface area contributed by atoms with Crippen LogP contribution in [0.2, 0.25) is 0 Å². The maximum atomic E-state index is 12.4. The van der Waals surface area contributed by atoms with Gasteiger partial charge >= 0.3 is 5.97 Å². The molecule has 0 aromatic heterocycles. The molecule has 1 heterocycles. The van der Waals surface area contributed by atoms with Crippen LogP contribution in [0.4, 0.5) is 0 Å². The predicted molar refractivity (Wildman–Crippen MR) is 63.4 cm³/mol. The number of hydrogen-bond donors (Lipinski definition) is 1. The molecule has 4 heteroatoms. The van der Waals surface area contributed by atoms with Crippen molar-refractivity contribution in [3.05, 3.63) is 0 Å². The third kappa shape index (κ3) is 2.17. The van der Waals surface area contributed by atoms with Gasteiger partial charge in [0, 0.05) is 18.5 Å². The molecule has 2 fully saturated rings. The molecular formula is C13H21NO3. The van der Waals surface area contributed by atoms with Crippen LogP contribution in [0, 0.1) is 17.3 Å². The molecule has 2 aliphatic rings. The smallest absolute Gasteiger partial charge is 0.308 e. The first kappa shape index (κ1) is 12.4. The SMILES string of the molecule is CCCC1(C(=O)N2C[C@@H](C)[C@H](C(=O)O)C2)CC1. The number of likely N-dealkylation sites (tertiary alicyclic amines) is 1. The molecule has 0 radical (unpaired) electrons. The first-order valence-corrected chi connectivity index (χ1v) is 6.52. The Morgan fingerprint density at radius 3 is 2.41 bits per heavy atom. The number of nitrogens with zero attached hydrogens (tertiary/aromatic N) is 1. The Labute approximate surface area is 102 Å². The van der Waals surface area contributed by atoms with Crippen LogP contribution < -0.4 is 0 Å². The summed E-state index contributed by atoms with van der Waals surface area (Å²) >= 11 is 0. The largest absolute Gasteiger partial charge is 0.481 e. The number of aliphatic carboxylic acids is 1. The van der Waals surface area contributed by atoms with Crippen LogP contribution in [0.1, 0.15) is 39.5 Å². The molecule has 0 unspecified atom stereocenters. The third-order valence-electron chi connectivity index (χ3n) is 4.25. The average Bonchev–Trinajstić information content (AvgIpc) is 2.94. The highest BCUT2D eigenvalue weighted by Gasteiger charge is 2.52. The molecule has 1 saturated carbocycles. The molecule has 1 aliphatic carbocycles. The number of hydrogen-bond acceptors (Lipinski definition) is 2. The third-order valence-corrected chi connectivity index (χ3v) is 4.25. The lowest BCUT2D eigenvalue weighted by atomic mass is 9.99. The summed E-state index contributed by atoms with van der Waals surface area (Å²) in [5.74, 6) is -0.867. The first-order chi connectivity index (χ1) is 8.00. The van der Waals surface area contributed by atoms with Gasteiger partial charge in [0.15, 0.2) is 0 Å². The van der Waals surface area contributed by atoms with Gasteiger partial charge in [-0.15, -0.1) is 0 Å². The minimum Gasteiger partial charge on any atom is -0.481 e. The topological polar surface area (TPSA) is 57.6 Å². The molecule has 17 heavy (non-hydrogen) atoms. The minimum atomic E-state index is -0.770. The van der Waals surface area contributed by atoms with E-state index in [0.29, 0.717) is 13.1 Å². The summed E-state index contributed by atoms with van der Waals surface area (Å²) in [4.78, 5) is 25.2. The van der Waals surface area contributed by atoms with E-state index in [-0.39, 0.29) is 23.2 Å². The molecule has 1 aliphatic heterocycles. The quantitative estimate of drug-likeness (QED) is 0.813. The average molecular weight is 239 g/mol. The van der Waals surface area contributed by atoms with Crippen molar-refractivity contribution >= 4 is 11.9 Å². The van der Waals surface area contributed by atoms with Crippen molar-refractivity contribution in [3.8, 4) is 0 Å². The number of carboxylic acids is 1. The summed E-state index contributed by atoms with van der Waals surface area (Å²) in [5.41, 5.74) is -0.123. The van der Waals surface area contributed by atoms with E-state index in [0.717, 1.165) is 25.7 Å². The Morgan fingerprint density at radius 2 is 2.00 bits per heavy atom. The van der Waals surface area contributed by atoms with Gasteiger partial charge in [0.1, 0.15) is 0 Å². The van der Waals surface area contributed by atoms with E-state index < -0.39 is 5.97 Å². The van der Waals surface area contributed by atoms with Gasteiger partial charge in [-0.25, -0.2) is 0 Å². The van der Waals surface area contributed by atoms with Crippen molar-refractivity contribution in [3.63, 3.8) is 0 Å². The number of rotatable bonds is 4. The summed E-state index contributed by atoms with van der Waals surface area (Å²) in [5, 5.41) is 9.07. The van der Waals surface area contributed by atoms with Crippen LogP contribution >= 0.6 is 0 Å². The number of carbonyl (C=O) groups excluding carboxylic acids is 1. The lowest BCUT2D eigenvalue weighted by Crippen LogP contribution is -2.36. The number of carbonyl (C=O) groups is 2. The lowest BCUT2D eigenvalue weighted by Gasteiger charge is -2.22. The van der Waals surface area contributed by atoms with E-state index in [2.05, 4.69) is 6.92 Å². The van der Waals surface area contributed by atoms with Crippen molar-refractivity contribution in [2.24, 2.45) is 17.3 Å². The zero-order chi connectivity index (χ0) is 12.6. The van der Waals surface area contributed by atoms with Gasteiger partial charge in [0.2, 0.25) is 5.91 Å². The zero-order valence-corrected chi connectivity index (χ0v) is 10.6. The second kappa shape index (κ2) is 4.31. The number of amides is 1. The van der Waals surface area contributed by atoms with Gasteiger partial charge in [-0.1, -0.05) is 20.3 Å². The second-order valence-corrected chi connectivity index (χ2v) is 5.66. The lowest BCUT2D eigenvalue weighted by molar-refractivity contribution is -0.142. The van der Waals surface area contributed by atoms with Crippen molar-refractivity contribution in [2.75, 3.05) is 13.1 Å². The Bertz CT molecular complexity index is 336. The van der Waals surface area contributed by atoms with E-state index in [9.17, 15) is 9.59 Å². The Morgan fingerprint density at radius 1 is 1.35 bits per heavy atom. The van der Waals surface area contributed by atoms with Gasteiger partial charge in [-0.2, -0.15) is 0 Å². The molecular weight excluding hydrogens is 218 g/mol. The molecule has 96 valence electrons. The summed E-state index contributed by atoms with van der Waals surface area (Å²) in [6.07, 6.45) is 3.95. The first-order valence-electron chi connectivity index (χ1n) is 6.52. The van der Waals surface area contributed by atoms with E-state index in [1.54, 1.807) is 4.90 Å². The number of carboxylic acid groups (broad SMARTS) is 1. The van der Waals surface area contributed by atoms with Gasteiger partial charge in [-0.05, 0) is 25.2 Å². The minimum absolute atomic E-state index is 0.0777. The van der Waals surface area contributed by atoms with Crippen LogP contribution in [0.15, 0.2) is 0 Å². The highest BCUT2D eigenvalue weighted by atomic mass is 16.4. The fourth-order valence-electron chi connectivity index (χ4n) is 2.99. The summed E-state index contributed by atoms with van der Waals surface area (Å²) in [7, 11) is 0. The van der Waals surface area contributed by atoms with Crippen LogP contribution in [-0.4, -0.2) is 35.0 Å². The maximum absolute atomic E-state index is 12.4. The highest BCUT2D eigenvalue weighted by molar-refractivity contribution is 5.86. The van der Waals surface area contributed by atoms with Gasteiger partial charge < -0.3 is 10.0 Å². The summed E-state index contributed by atoms with van der Waals surface area (Å²) in [6.45, 7) is 5.04. The molecule has 0 spiro atoms. The molecule has 0 bridgehead atoms. The maximum Gasteiger partial charge on any atom is 0.308 e. The van der Waals surface area contributed by atoms with Crippen LogP contribution in [-0.2, 0) is 9.59 Å².